The predicted octanol–water partition coefficient (Wildman–Crippen LogP) is 4.14. The van der Waals surface area contributed by atoms with Gasteiger partial charge in [0.05, 0.1) is 0 Å². The van der Waals surface area contributed by atoms with Crippen LogP contribution in [0.25, 0.3) is 0 Å². The van der Waals surface area contributed by atoms with Crippen molar-refractivity contribution in [1.82, 2.24) is 10.3 Å². The quantitative estimate of drug-likeness (QED) is 0.811. The molecule has 2 rings (SSSR count). The Labute approximate surface area is 133 Å². The molecule has 1 aromatic carbocycles. The van der Waals surface area contributed by atoms with Crippen molar-refractivity contribution in [2.45, 2.75) is 32.2 Å². The van der Waals surface area contributed by atoms with Gasteiger partial charge in [0.1, 0.15) is 5.82 Å². The SMILES string of the molecule is CCNC(CCc1ccncc1)Cc1cc(F)ccc1Br. The van der Waals surface area contributed by atoms with Gasteiger partial charge in [-0.1, -0.05) is 22.9 Å². The number of likely N-dealkylation sites (N-methyl/N-ethyl adjacent to an activating group) is 1. The van der Waals surface area contributed by atoms with Gasteiger partial charge in [-0.2, -0.15) is 0 Å². The summed E-state index contributed by atoms with van der Waals surface area (Å²) < 4.78 is 14.4. The van der Waals surface area contributed by atoms with Gasteiger partial charge in [-0.15, -0.1) is 0 Å². The van der Waals surface area contributed by atoms with Crippen LogP contribution in [0.15, 0.2) is 47.2 Å². The van der Waals surface area contributed by atoms with Crippen LogP contribution in [0, 0.1) is 5.82 Å². The van der Waals surface area contributed by atoms with E-state index in [2.05, 4.69) is 33.2 Å². The summed E-state index contributed by atoms with van der Waals surface area (Å²) >= 11 is 3.50. The van der Waals surface area contributed by atoms with Crippen molar-refractivity contribution in [3.05, 3.63) is 64.1 Å². The Balaban J connectivity index is 2.00. The van der Waals surface area contributed by atoms with Crippen molar-refractivity contribution in [2.75, 3.05) is 6.54 Å². The standard InChI is InChI=1S/C17H20BrFN2/c1-2-21-16(5-3-13-7-9-20-10-8-13)12-14-11-15(19)4-6-17(14)18/h4,6-11,16,21H,2-3,5,12H2,1H3. The molecule has 1 N–H and O–H groups in total. The van der Waals surface area contributed by atoms with E-state index in [9.17, 15) is 4.39 Å². The molecule has 2 nitrogen and oxygen atoms in total. The average Bonchev–Trinajstić information content (AvgIpc) is 2.50. The molecular weight excluding hydrogens is 331 g/mol. The van der Waals surface area contributed by atoms with Crippen LogP contribution in [-0.4, -0.2) is 17.6 Å². The van der Waals surface area contributed by atoms with Crippen LogP contribution in [-0.2, 0) is 12.8 Å². The molecule has 0 amide bonds. The second-order valence-corrected chi connectivity index (χ2v) is 5.94. The Morgan fingerprint density at radius 2 is 2.00 bits per heavy atom. The Kier molecular flexibility index (Phi) is 6.33. The highest BCUT2D eigenvalue weighted by Crippen LogP contribution is 2.20. The number of halogens is 2. The lowest BCUT2D eigenvalue weighted by molar-refractivity contribution is 0.489. The third kappa shape index (κ3) is 5.21. The van der Waals surface area contributed by atoms with Crippen molar-refractivity contribution in [3.63, 3.8) is 0 Å². The molecule has 0 fully saturated rings. The van der Waals surface area contributed by atoms with Crippen LogP contribution in [0.2, 0.25) is 0 Å². The van der Waals surface area contributed by atoms with Crippen LogP contribution in [0.4, 0.5) is 4.39 Å². The summed E-state index contributed by atoms with van der Waals surface area (Å²) in [5.74, 6) is -0.183. The molecule has 0 radical (unpaired) electrons. The summed E-state index contributed by atoms with van der Waals surface area (Å²) in [5.41, 5.74) is 2.29. The molecule has 4 heteroatoms. The Morgan fingerprint density at radius 1 is 1.24 bits per heavy atom. The molecule has 21 heavy (non-hydrogen) atoms. The number of rotatable bonds is 7. The van der Waals surface area contributed by atoms with E-state index in [4.69, 9.17) is 0 Å². The highest BCUT2D eigenvalue weighted by Gasteiger charge is 2.11. The maximum Gasteiger partial charge on any atom is 0.123 e. The van der Waals surface area contributed by atoms with Crippen molar-refractivity contribution in [1.29, 1.82) is 0 Å². The molecule has 1 aromatic heterocycles. The number of hydrogen-bond acceptors (Lipinski definition) is 2. The Hall–Kier alpha value is -1.26. The molecule has 2 aromatic rings. The predicted molar refractivity (Wildman–Crippen MR) is 87.8 cm³/mol. The minimum absolute atomic E-state index is 0.183. The molecular formula is C17H20BrFN2. The van der Waals surface area contributed by atoms with Crippen molar-refractivity contribution in [3.8, 4) is 0 Å². The fraction of sp³-hybridized carbons (Fsp3) is 0.353. The van der Waals surface area contributed by atoms with Gasteiger partial charge in [-0.3, -0.25) is 4.98 Å². The third-order valence-electron chi connectivity index (χ3n) is 3.50. The minimum Gasteiger partial charge on any atom is -0.314 e. The van der Waals surface area contributed by atoms with E-state index in [-0.39, 0.29) is 5.82 Å². The summed E-state index contributed by atoms with van der Waals surface area (Å²) in [4.78, 5) is 4.03. The summed E-state index contributed by atoms with van der Waals surface area (Å²) in [6.45, 7) is 3.01. The lowest BCUT2D eigenvalue weighted by Gasteiger charge is -2.19. The number of aryl methyl sites for hydroxylation is 1. The van der Waals surface area contributed by atoms with Crippen LogP contribution >= 0.6 is 15.9 Å². The summed E-state index contributed by atoms with van der Waals surface area (Å²) in [6, 6.07) is 9.29. The first-order chi connectivity index (χ1) is 10.2. The molecule has 0 saturated carbocycles. The fourth-order valence-corrected chi connectivity index (χ4v) is 2.83. The van der Waals surface area contributed by atoms with Gasteiger partial charge in [0.2, 0.25) is 0 Å². The van der Waals surface area contributed by atoms with Crippen LogP contribution < -0.4 is 5.32 Å². The van der Waals surface area contributed by atoms with Gasteiger partial charge in [-0.25, -0.2) is 4.39 Å². The van der Waals surface area contributed by atoms with Crippen molar-refractivity contribution < 1.29 is 4.39 Å². The largest absolute Gasteiger partial charge is 0.314 e. The monoisotopic (exact) mass is 350 g/mol. The summed E-state index contributed by atoms with van der Waals surface area (Å²) in [6.07, 6.45) is 6.46. The number of benzene rings is 1. The number of hydrogen-bond donors (Lipinski definition) is 1. The van der Waals surface area contributed by atoms with Gasteiger partial charge >= 0.3 is 0 Å². The average molecular weight is 351 g/mol. The normalized spacial score (nSPS) is 12.3. The van der Waals surface area contributed by atoms with E-state index >= 15 is 0 Å². The molecule has 1 unspecified atom stereocenters. The van der Waals surface area contributed by atoms with E-state index < -0.39 is 0 Å². The van der Waals surface area contributed by atoms with Crippen LogP contribution in [0.3, 0.4) is 0 Å². The number of nitrogens with zero attached hydrogens (tertiary/aromatic N) is 1. The first-order valence-corrected chi connectivity index (χ1v) is 8.04. The van der Waals surface area contributed by atoms with Crippen LogP contribution in [0.5, 0.6) is 0 Å². The molecule has 0 aliphatic rings. The zero-order valence-corrected chi connectivity index (χ0v) is 13.7. The molecule has 112 valence electrons. The molecule has 0 aliphatic carbocycles. The maximum absolute atomic E-state index is 13.4. The highest BCUT2D eigenvalue weighted by atomic mass is 79.9. The minimum atomic E-state index is -0.183. The maximum atomic E-state index is 13.4. The van der Waals surface area contributed by atoms with E-state index in [1.54, 1.807) is 12.1 Å². The van der Waals surface area contributed by atoms with Gasteiger partial charge in [0.25, 0.3) is 0 Å². The van der Waals surface area contributed by atoms with E-state index in [1.165, 1.54) is 11.6 Å². The smallest absolute Gasteiger partial charge is 0.123 e. The van der Waals surface area contributed by atoms with E-state index in [0.29, 0.717) is 6.04 Å². The highest BCUT2D eigenvalue weighted by molar-refractivity contribution is 9.10. The first kappa shape index (κ1) is 16.1. The zero-order chi connectivity index (χ0) is 15.1. The van der Waals surface area contributed by atoms with Gasteiger partial charge in [-0.05, 0) is 67.3 Å². The molecule has 0 spiro atoms. The second kappa shape index (κ2) is 8.25. The van der Waals surface area contributed by atoms with E-state index in [0.717, 1.165) is 35.8 Å². The van der Waals surface area contributed by atoms with Crippen molar-refractivity contribution in [2.24, 2.45) is 0 Å². The Bertz CT molecular complexity index is 560. The lowest BCUT2D eigenvalue weighted by Crippen LogP contribution is -2.31. The third-order valence-corrected chi connectivity index (χ3v) is 4.27. The summed E-state index contributed by atoms with van der Waals surface area (Å²) in [7, 11) is 0. The summed E-state index contributed by atoms with van der Waals surface area (Å²) in [5, 5.41) is 3.49. The number of aromatic nitrogens is 1. The second-order valence-electron chi connectivity index (χ2n) is 5.09. The lowest BCUT2D eigenvalue weighted by atomic mass is 9.99. The van der Waals surface area contributed by atoms with Gasteiger partial charge < -0.3 is 5.32 Å². The molecule has 1 atom stereocenters. The van der Waals surface area contributed by atoms with Crippen LogP contribution in [0.1, 0.15) is 24.5 Å². The molecule has 0 aliphatic heterocycles. The van der Waals surface area contributed by atoms with Gasteiger partial charge in [0.15, 0.2) is 0 Å². The molecule has 0 bridgehead atoms. The molecule has 1 heterocycles. The molecule has 0 saturated heterocycles. The number of pyridine rings is 1. The topological polar surface area (TPSA) is 24.9 Å². The zero-order valence-electron chi connectivity index (χ0n) is 12.2. The first-order valence-electron chi connectivity index (χ1n) is 7.25. The van der Waals surface area contributed by atoms with Gasteiger partial charge in [0, 0.05) is 22.9 Å². The fourth-order valence-electron chi connectivity index (χ4n) is 2.42. The Morgan fingerprint density at radius 3 is 2.71 bits per heavy atom. The number of nitrogens with one attached hydrogen (secondary N) is 1. The van der Waals surface area contributed by atoms with E-state index in [1.807, 2.05) is 24.5 Å². The van der Waals surface area contributed by atoms with Crippen molar-refractivity contribution >= 4 is 15.9 Å².